The smallest absolute Gasteiger partial charge is 0.412 e. The topological polar surface area (TPSA) is 103 Å². The van der Waals surface area contributed by atoms with E-state index < -0.39 is 17.7 Å². The van der Waals surface area contributed by atoms with E-state index in [1.54, 1.807) is 40.0 Å². The van der Waals surface area contributed by atoms with Crippen LogP contribution in [0.3, 0.4) is 0 Å². The Morgan fingerprint density at radius 3 is 2.26 bits per heavy atom. The number of benzene rings is 2. The van der Waals surface area contributed by atoms with E-state index in [1.807, 2.05) is 31.2 Å². The Morgan fingerprint density at radius 2 is 1.69 bits per heavy atom. The maximum absolute atomic E-state index is 13.7. The molecule has 1 fully saturated rings. The molecule has 0 heterocycles. The Hall–Kier alpha value is -3.43. The largest absolute Gasteiger partial charge is 0.497 e. The fourth-order valence-electron chi connectivity index (χ4n) is 4.58. The summed E-state index contributed by atoms with van der Waals surface area (Å²) in [4.78, 5) is 24.1. The molecular weight excluding hydrogens is 541 g/mol. The van der Waals surface area contributed by atoms with Crippen LogP contribution in [0.15, 0.2) is 60.3 Å². The molecule has 3 rings (SSSR count). The Labute approximate surface area is 248 Å². The lowest BCUT2D eigenvalue weighted by molar-refractivity contribution is -0.133. The number of carboxylic acids is 1. The normalized spacial score (nSPS) is 15.9. The molecule has 8 nitrogen and oxygen atoms in total. The minimum Gasteiger partial charge on any atom is -0.497 e. The third-order valence-electron chi connectivity index (χ3n) is 6.98. The second kappa shape index (κ2) is 15.7. The molecule has 3 atom stereocenters. The summed E-state index contributed by atoms with van der Waals surface area (Å²) in [5.41, 5.74) is 0.935. The van der Waals surface area contributed by atoms with Gasteiger partial charge < -0.3 is 24.1 Å². The minimum atomic E-state index is -1.26. The van der Waals surface area contributed by atoms with Gasteiger partial charge in [-0.3, -0.25) is 5.32 Å². The molecule has 0 bridgehead atoms. The molecule has 230 valence electrons. The fourth-order valence-corrected chi connectivity index (χ4v) is 4.58. The van der Waals surface area contributed by atoms with Crippen molar-refractivity contribution in [2.75, 3.05) is 13.7 Å². The number of carbonyl (C=O) groups excluding carboxylic acids is 1. The highest BCUT2D eigenvalue weighted by atomic mass is 19.1. The van der Waals surface area contributed by atoms with Crippen molar-refractivity contribution in [1.82, 2.24) is 5.32 Å². The number of rotatable bonds is 16. The first-order chi connectivity index (χ1) is 19.9. The average Bonchev–Trinajstić information content (AvgIpc) is 3.76. The van der Waals surface area contributed by atoms with Crippen LogP contribution in [-0.4, -0.2) is 48.7 Å². The number of carbonyl (C=O) groups is 2. The molecule has 1 amide bonds. The Bertz CT molecular complexity index is 1170. The summed E-state index contributed by atoms with van der Waals surface area (Å²) in [6.07, 6.45) is 3.85. The predicted octanol–water partition coefficient (Wildman–Crippen LogP) is 6.67. The first kappa shape index (κ1) is 33.1. The Balaban J connectivity index is 1.77. The Morgan fingerprint density at radius 1 is 1.05 bits per heavy atom. The second-order valence-electron chi connectivity index (χ2n) is 11.8. The second-order valence-corrected chi connectivity index (χ2v) is 11.8. The first-order valence-corrected chi connectivity index (χ1v) is 14.5. The van der Waals surface area contributed by atoms with Crippen LogP contribution in [0, 0.1) is 17.7 Å². The van der Waals surface area contributed by atoms with E-state index in [4.69, 9.17) is 18.9 Å². The van der Waals surface area contributed by atoms with Gasteiger partial charge in [0.05, 0.1) is 25.9 Å². The van der Waals surface area contributed by atoms with Gasteiger partial charge in [-0.2, -0.15) is 0 Å². The van der Waals surface area contributed by atoms with Gasteiger partial charge in [-0.05, 0) is 107 Å². The van der Waals surface area contributed by atoms with Crippen molar-refractivity contribution in [3.05, 3.63) is 77.2 Å². The van der Waals surface area contributed by atoms with Gasteiger partial charge in [-0.1, -0.05) is 30.3 Å². The number of carboxylic acid groups (broad SMARTS) is 1. The van der Waals surface area contributed by atoms with E-state index in [2.05, 4.69) is 5.32 Å². The van der Waals surface area contributed by atoms with Crippen molar-refractivity contribution < 1.29 is 38.0 Å². The highest BCUT2D eigenvalue weighted by molar-refractivity contribution is 5.90. The number of halogens is 1. The van der Waals surface area contributed by atoms with Gasteiger partial charge in [0.2, 0.25) is 0 Å². The zero-order valence-corrected chi connectivity index (χ0v) is 25.2. The molecule has 3 unspecified atom stereocenters. The fraction of sp³-hybridized carbons (Fsp3) is 0.515. The van der Waals surface area contributed by atoms with Crippen LogP contribution in [-0.2, 0) is 32.0 Å². The highest BCUT2D eigenvalue weighted by Crippen LogP contribution is 2.32. The number of methoxy groups -OCH3 is 1. The monoisotopic (exact) mass is 585 g/mol. The molecular formula is C33H44FNO7. The van der Waals surface area contributed by atoms with E-state index in [1.165, 1.54) is 18.2 Å². The molecule has 42 heavy (non-hydrogen) atoms. The number of hydrogen-bond donors (Lipinski definition) is 2. The van der Waals surface area contributed by atoms with Gasteiger partial charge >= 0.3 is 12.1 Å². The molecule has 1 saturated carbocycles. The summed E-state index contributed by atoms with van der Waals surface area (Å²) >= 11 is 0. The number of hydrogen-bond acceptors (Lipinski definition) is 6. The van der Waals surface area contributed by atoms with E-state index in [0.29, 0.717) is 38.4 Å². The zero-order chi connectivity index (χ0) is 30.7. The van der Waals surface area contributed by atoms with Gasteiger partial charge in [0.1, 0.15) is 22.9 Å². The van der Waals surface area contributed by atoms with Gasteiger partial charge in [0, 0.05) is 6.61 Å². The van der Waals surface area contributed by atoms with Crippen molar-refractivity contribution >= 4 is 12.1 Å². The number of nitrogens with one attached hydrogen (secondary N) is 1. The van der Waals surface area contributed by atoms with E-state index in [9.17, 15) is 19.1 Å². The lowest BCUT2D eigenvalue weighted by Gasteiger charge is -2.32. The number of aliphatic carboxylic acids is 1. The molecule has 0 aromatic heterocycles. The molecule has 9 heteroatoms. The van der Waals surface area contributed by atoms with Crippen molar-refractivity contribution in [2.24, 2.45) is 11.8 Å². The van der Waals surface area contributed by atoms with Gasteiger partial charge in [0.15, 0.2) is 0 Å². The Kier molecular flexibility index (Phi) is 12.4. The maximum Gasteiger partial charge on any atom is 0.412 e. The molecule has 1 aliphatic rings. The van der Waals surface area contributed by atoms with Crippen LogP contribution in [0.25, 0.3) is 0 Å². The minimum absolute atomic E-state index is 0.0760. The van der Waals surface area contributed by atoms with Gasteiger partial charge in [0.25, 0.3) is 0 Å². The summed E-state index contributed by atoms with van der Waals surface area (Å²) in [7, 11) is 1.62. The van der Waals surface area contributed by atoms with Crippen molar-refractivity contribution in [2.45, 2.75) is 84.2 Å². The standard InChI is InChI=1S/C33H44FNO7/c1-22(40-20-25-13-17-28(39-5)18-14-25)30(41-21-24-9-10-24)26(19-23-11-15-27(34)16-12-23)7-6-8-29(31(36)37)35-32(38)42-33(2,3)4/h8,11-18,22,24,26,30H,6-7,9-10,19-21H2,1-5H3,(H,35,38)(H,36,37)/b29-8-. The van der Waals surface area contributed by atoms with Crippen LogP contribution in [0.1, 0.15) is 64.5 Å². The summed E-state index contributed by atoms with van der Waals surface area (Å²) in [5.74, 6) is -0.340. The maximum atomic E-state index is 13.7. The van der Waals surface area contributed by atoms with E-state index in [-0.39, 0.29) is 29.6 Å². The summed E-state index contributed by atoms with van der Waals surface area (Å²) in [5, 5.41) is 12.0. The lowest BCUT2D eigenvalue weighted by Crippen LogP contribution is -2.38. The summed E-state index contributed by atoms with van der Waals surface area (Å²) < 4.78 is 36.9. The lowest BCUT2D eigenvalue weighted by atomic mass is 9.87. The van der Waals surface area contributed by atoms with Crippen LogP contribution >= 0.6 is 0 Å². The molecule has 2 N–H and O–H groups in total. The van der Waals surface area contributed by atoms with Gasteiger partial charge in [-0.15, -0.1) is 0 Å². The van der Waals surface area contributed by atoms with Crippen LogP contribution < -0.4 is 10.1 Å². The number of allylic oxidation sites excluding steroid dienone is 1. The van der Waals surface area contributed by atoms with E-state index >= 15 is 0 Å². The third kappa shape index (κ3) is 11.8. The summed E-state index contributed by atoms with van der Waals surface area (Å²) in [6, 6.07) is 14.1. The number of amides is 1. The van der Waals surface area contributed by atoms with Crippen molar-refractivity contribution in [1.29, 1.82) is 0 Å². The van der Waals surface area contributed by atoms with E-state index in [0.717, 1.165) is 29.7 Å². The SMILES string of the molecule is COc1ccc(COC(C)C(OCC2CC2)C(CC/C=C(\NC(=O)OC(C)(C)C)C(=O)O)Cc2ccc(F)cc2)cc1. The number of alkyl carbamates (subject to hydrolysis) is 1. The highest BCUT2D eigenvalue weighted by Gasteiger charge is 2.32. The summed E-state index contributed by atoms with van der Waals surface area (Å²) in [6.45, 7) is 8.11. The quantitative estimate of drug-likeness (QED) is 0.212. The van der Waals surface area contributed by atoms with Crippen molar-refractivity contribution in [3.63, 3.8) is 0 Å². The predicted molar refractivity (Wildman–Crippen MR) is 158 cm³/mol. The number of ether oxygens (including phenoxy) is 4. The van der Waals surface area contributed by atoms with Gasteiger partial charge in [-0.25, -0.2) is 14.0 Å². The van der Waals surface area contributed by atoms with Crippen LogP contribution in [0.4, 0.5) is 9.18 Å². The van der Waals surface area contributed by atoms with Crippen LogP contribution in [0.5, 0.6) is 5.75 Å². The molecule has 1 aliphatic carbocycles. The molecule has 0 saturated heterocycles. The average molecular weight is 586 g/mol. The molecule has 2 aromatic rings. The van der Waals surface area contributed by atoms with Crippen molar-refractivity contribution in [3.8, 4) is 5.75 Å². The third-order valence-corrected chi connectivity index (χ3v) is 6.98. The zero-order valence-electron chi connectivity index (χ0n) is 25.2. The molecule has 0 spiro atoms. The van der Waals surface area contributed by atoms with Crippen LogP contribution in [0.2, 0.25) is 0 Å². The molecule has 0 aliphatic heterocycles. The molecule has 2 aromatic carbocycles. The first-order valence-electron chi connectivity index (χ1n) is 14.5. The molecule has 0 radical (unpaired) electrons.